The van der Waals surface area contributed by atoms with E-state index in [9.17, 15) is 9.59 Å². The molecule has 2 N–H and O–H groups in total. The van der Waals surface area contributed by atoms with E-state index in [2.05, 4.69) is 0 Å². The number of hydrogen-bond donors (Lipinski definition) is 1. The summed E-state index contributed by atoms with van der Waals surface area (Å²) in [5, 5.41) is 1.36. The fourth-order valence-electron chi connectivity index (χ4n) is 2.50. The van der Waals surface area contributed by atoms with Crippen molar-refractivity contribution in [2.45, 2.75) is 6.54 Å². The second kappa shape index (κ2) is 5.66. The predicted molar refractivity (Wildman–Crippen MR) is 86.0 cm³/mol. The first-order valence-electron chi connectivity index (χ1n) is 6.73. The Morgan fingerprint density at radius 2 is 1.73 bits per heavy atom. The van der Waals surface area contributed by atoms with E-state index < -0.39 is 11.7 Å². The van der Waals surface area contributed by atoms with Crippen LogP contribution in [0.25, 0.3) is 10.9 Å². The lowest BCUT2D eigenvalue weighted by molar-refractivity contribution is -0.114. The molecule has 1 aromatic heterocycles. The number of fused-ring (bicyclic) bond motifs is 1. The highest BCUT2D eigenvalue weighted by molar-refractivity contribution is 6.44. The number of hydrogen-bond acceptors (Lipinski definition) is 2. The normalized spacial score (nSPS) is 10.8. The molecule has 0 atom stereocenters. The van der Waals surface area contributed by atoms with E-state index in [1.165, 1.54) is 0 Å². The summed E-state index contributed by atoms with van der Waals surface area (Å²) >= 11 is 6.19. The van der Waals surface area contributed by atoms with Crippen molar-refractivity contribution in [2.75, 3.05) is 0 Å². The van der Waals surface area contributed by atoms with Gasteiger partial charge in [0.2, 0.25) is 0 Å². The highest BCUT2D eigenvalue weighted by Gasteiger charge is 2.19. The Morgan fingerprint density at radius 1 is 1.05 bits per heavy atom. The van der Waals surface area contributed by atoms with Crippen molar-refractivity contribution < 1.29 is 9.59 Å². The maximum atomic E-state index is 12.0. The van der Waals surface area contributed by atoms with Gasteiger partial charge in [-0.3, -0.25) is 9.59 Å². The molecule has 1 heterocycles. The highest BCUT2D eigenvalue weighted by atomic mass is 35.5. The summed E-state index contributed by atoms with van der Waals surface area (Å²) in [6, 6.07) is 14.9. The Labute approximate surface area is 132 Å². The van der Waals surface area contributed by atoms with Crippen LogP contribution in [0.1, 0.15) is 15.9 Å². The number of para-hydroxylation sites is 1. The maximum absolute atomic E-state index is 12.0. The molecule has 0 saturated heterocycles. The minimum Gasteiger partial charge on any atom is -0.363 e. The minimum atomic E-state index is -0.958. The van der Waals surface area contributed by atoms with Crippen LogP contribution in [0.5, 0.6) is 0 Å². The molecule has 0 saturated carbocycles. The van der Waals surface area contributed by atoms with Crippen LogP contribution in [0, 0.1) is 0 Å². The van der Waals surface area contributed by atoms with Crippen LogP contribution in [0.4, 0.5) is 0 Å². The summed E-state index contributed by atoms with van der Waals surface area (Å²) in [5.74, 6) is -1.64. The summed E-state index contributed by atoms with van der Waals surface area (Å²) in [4.78, 5) is 23.2. The molecule has 0 fully saturated rings. The number of aromatic nitrogens is 1. The molecule has 5 heteroatoms. The molecular weight excluding hydrogens is 300 g/mol. The molecule has 110 valence electrons. The van der Waals surface area contributed by atoms with Crippen molar-refractivity contribution >= 4 is 34.2 Å². The van der Waals surface area contributed by atoms with Crippen LogP contribution in [0.15, 0.2) is 54.7 Å². The predicted octanol–water partition coefficient (Wildman–Crippen LogP) is 3.01. The molecule has 0 unspecified atom stereocenters. The van der Waals surface area contributed by atoms with Crippen LogP contribution in [-0.2, 0) is 11.3 Å². The number of carbonyl (C=O) groups is 2. The number of nitrogens with two attached hydrogens (primary N) is 1. The molecular formula is C17H13ClN2O2. The zero-order chi connectivity index (χ0) is 15.7. The fourth-order valence-corrected chi connectivity index (χ4v) is 2.70. The lowest BCUT2D eigenvalue weighted by Gasteiger charge is -2.07. The Balaban J connectivity index is 2.13. The SMILES string of the molecule is NC(=O)C(=O)c1cn(Cc2ccccc2Cl)c2ccccc12. The van der Waals surface area contributed by atoms with Crippen LogP contribution in [-0.4, -0.2) is 16.3 Å². The Kier molecular flexibility index (Phi) is 3.69. The Bertz CT molecular complexity index is 883. The third kappa shape index (κ3) is 2.49. The molecule has 0 spiro atoms. The van der Waals surface area contributed by atoms with Crippen LogP contribution >= 0.6 is 11.6 Å². The highest BCUT2D eigenvalue weighted by Crippen LogP contribution is 2.24. The standard InChI is InChI=1S/C17H13ClN2O2/c18-14-7-3-1-5-11(14)9-20-10-13(16(21)17(19)22)12-6-2-4-8-15(12)20/h1-8,10H,9H2,(H2,19,22). The maximum Gasteiger partial charge on any atom is 0.289 e. The van der Waals surface area contributed by atoms with Gasteiger partial charge in [-0.2, -0.15) is 0 Å². The summed E-state index contributed by atoms with van der Waals surface area (Å²) < 4.78 is 1.90. The van der Waals surface area contributed by atoms with Crippen molar-refractivity contribution in [2.24, 2.45) is 5.73 Å². The molecule has 4 nitrogen and oxygen atoms in total. The van der Waals surface area contributed by atoms with Gasteiger partial charge in [-0.25, -0.2) is 0 Å². The molecule has 0 aliphatic carbocycles. The summed E-state index contributed by atoms with van der Waals surface area (Å²) in [7, 11) is 0. The van der Waals surface area contributed by atoms with Gasteiger partial charge in [-0.15, -0.1) is 0 Å². The summed E-state index contributed by atoms with van der Waals surface area (Å²) in [5.41, 5.74) is 7.23. The van der Waals surface area contributed by atoms with Gasteiger partial charge >= 0.3 is 0 Å². The summed E-state index contributed by atoms with van der Waals surface area (Å²) in [6.45, 7) is 0.506. The van der Waals surface area contributed by atoms with Crippen LogP contribution in [0.2, 0.25) is 5.02 Å². The lowest BCUT2D eigenvalue weighted by atomic mass is 10.1. The molecule has 1 amide bonds. The minimum absolute atomic E-state index is 0.315. The number of primary amides is 1. The van der Waals surface area contributed by atoms with Crippen molar-refractivity contribution in [1.82, 2.24) is 4.57 Å². The lowest BCUT2D eigenvalue weighted by Crippen LogP contribution is -2.22. The van der Waals surface area contributed by atoms with Gasteiger partial charge in [0.15, 0.2) is 0 Å². The summed E-state index contributed by atoms with van der Waals surface area (Å²) in [6.07, 6.45) is 1.65. The number of halogens is 1. The zero-order valence-corrected chi connectivity index (χ0v) is 12.4. The smallest absolute Gasteiger partial charge is 0.289 e. The zero-order valence-electron chi connectivity index (χ0n) is 11.6. The average molecular weight is 313 g/mol. The first kappa shape index (κ1) is 14.4. The van der Waals surface area contributed by atoms with Gasteiger partial charge < -0.3 is 10.3 Å². The van der Waals surface area contributed by atoms with Gasteiger partial charge in [0.1, 0.15) is 0 Å². The molecule has 22 heavy (non-hydrogen) atoms. The fraction of sp³-hybridized carbons (Fsp3) is 0.0588. The van der Waals surface area contributed by atoms with Crippen molar-refractivity contribution in [3.63, 3.8) is 0 Å². The Hall–Kier alpha value is -2.59. The van der Waals surface area contributed by atoms with E-state index in [0.29, 0.717) is 22.5 Å². The number of ketones is 1. The average Bonchev–Trinajstić information content (AvgIpc) is 2.88. The second-order valence-electron chi connectivity index (χ2n) is 4.97. The van der Waals surface area contributed by atoms with Crippen molar-refractivity contribution in [1.29, 1.82) is 0 Å². The third-order valence-electron chi connectivity index (χ3n) is 3.56. The van der Waals surface area contributed by atoms with E-state index in [4.69, 9.17) is 17.3 Å². The van der Waals surface area contributed by atoms with E-state index >= 15 is 0 Å². The molecule has 0 bridgehead atoms. The van der Waals surface area contributed by atoms with Gasteiger partial charge in [0.05, 0.1) is 5.56 Å². The molecule has 0 radical (unpaired) electrons. The molecule has 0 aliphatic rings. The van der Waals surface area contributed by atoms with E-state index in [-0.39, 0.29) is 0 Å². The number of nitrogens with zero attached hydrogens (tertiary/aromatic N) is 1. The topological polar surface area (TPSA) is 65.1 Å². The Morgan fingerprint density at radius 3 is 2.45 bits per heavy atom. The largest absolute Gasteiger partial charge is 0.363 e. The van der Waals surface area contributed by atoms with Crippen molar-refractivity contribution in [3.05, 3.63) is 70.9 Å². The quantitative estimate of drug-likeness (QED) is 0.594. The van der Waals surface area contributed by atoms with Crippen molar-refractivity contribution in [3.8, 4) is 0 Å². The number of amides is 1. The van der Waals surface area contributed by atoms with Gasteiger partial charge in [-0.05, 0) is 17.7 Å². The molecule has 0 aliphatic heterocycles. The van der Waals surface area contributed by atoms with Crippen LogP contribution < -0.4 is 5.73 Å². The molecule has 2 aromatic carbocycles. The van der Waals surface area contributed by atoms with E-state index in [0.717, 1.165) is 11.1 Å². The van der Waals surface area contributed by atoms with Gasteiger partial charge in [0, 0.05) is 28.7 Å². The van der Waals surface area contributed by atoms with E-state index in [1.54, 1.807) is 12.3 Å². The van der Waals surface area contributed by atoms with Gasteiger partial charge in [-0.1, -0.05) is 48.0 Å². The van der Waals surface area contributed by atoms with Gasteiger partial charge in [0.25, 0.3) is 11.7 Å². The first-order chi connectivity index (χ1) is 10.6. The molecule has 3 rings (SSSR count). The van der Waals surface area contributed by atoms with Crippen LogP contribution in [0.3, 0.4) is 0 Å². The number of rotatable bonds is 4. The number of benzene rings is 2. The first-order valence-corrected chi connectivity index (χ1v) is 7.11. The second-order valence-corrected chi connectivity index (χ2v) is 5.38. The molecule has 3 aromatic rings. The monoisotopic (exact) mass is 312 g/mol. The number of carbonyl (C=O) groups excluding carboxylic acids is 2. The van der Waals surface area contributed by atoms with E-state index in [1.807, 2.05) is 47.0 Å². The third-order valence-corrected chi connectivity index (χ3v) is 3.92. The number of Topliss-reactive ketones (excluding diaryl/α,β-unsaturated/α-hetero) is 1.